The predicted molar refractivity (Wildman–Crippen MR) is 46.8 cm³/mol. The maximum Gasteiger partial charge on any atom is 0.222 e. The van der Waals surface area contributed by atoms with Crippen LogP contribution in [0.25, 0.3) is 0 Å². The fourth-order valence-corrected chi connectivity index (χ4v) is 2.28. The number of rotatable bonds is 1. The standard InChI is InChI=1S/C9H16N2O/c1-2-9(12)11-5-7-3-4-10-8(7)6-11/h7-8,10H,2-6H2,1H3/t7-,8+/m0/s1. The fraction of sp³-hybridized carbons (Fsp3) is 0.889. The van der Waals surface area contributed by atoms with Crippen LogP contribution in [0.3, 0.4) is 0 Å². The van der Waals surface area contributed by atoms with Gasteiger partial charge in [0.05, 0.1) is 0 Å². The van der Waals surface area contributed by atoms with Crippen LogP contribution in [0.2, 0.25) is 0 Å². The molecule has 1 amide bonds. The molecular weight excluding hydrogens is 152 g/mol. The Kier molecular flexibility index (Phi) is 2.05. The van der Waals surface area contributed by atoms with Crippen LogP contribution in [-0.4, -0.2) is 36.5 Å². The topological polar surface area (TPSA) is 32.3 Å². The van der Waals surface area contributed by atoms with Crippen LogP contribution in [0.5, 0.6) is 0 Å². The molecular formula is C9H16N2O. The van der Waals surface area contributed by atoms with E-state index in [2.05, 4.69) is 5.32 Å². The van der Waals surface area contributed by atoms with Crippen LogP contribution in [0.1, 0.15) is 19.8 Å². The summed E-state index contributed by atoms with van der Waals surface area (Å²) < 4.78 is 0. The first kappa shape index (κ1) is 8.05. The first-order chi connectivity index (χ1) is 5.81. The molecule has 0 aromatic heterocycles. The van der Waals surface area contributed by atoms with E-state index in [0.29, 0.717) is 18.4 Å². The van der Waals surface area contributed by atoms with Gasteiger partial charge in [-0.15, -0.1) is 0 Å². The van der Waals surface area contributed by atoms with E-state index in [0.717, 1.165) is 25.6 Å². The van der Waals surface area contributed by atoms with Crippen LogP contribution in [0, 0.1) is 5.92 Å². The van der Waals surface area contributed by atoms with Crippen molar-refractivity contribution < 1.29 is 4.79 Å². The number of carbonyl (C=O) groups is 1. The molecule has 2 atom stereocenters. The highest BCUT2D eigenvalue weighted by Gasteiger charge is 2.37. The molecule has 2 saturated heterocycles. The summed E-state index contributed by atoms with van der Waals surface area (Å²) in [5.41, 5.74) is 0. The number of hydrogen-bond acceptors (Lipinski definition) is 2. The molecule has 2 aliphatic rings. The molecule has 3 heteroatoms. The third-order valence-corrected chi connectivity index (χ3v) is 3.02. The van der Waals surface area contributed by atoms with Gasteiger partial charge in [-0.1, -0.05) is 6.92 Å². The fourth-order valence-electron chi connectivity index (χ4n) is 2.28. The van der Waals surface area contributed by atoms with Crippen molar-refractivity contribution in [1.29, 1.82) is 0 Å². The number of hydrogen-bond donors (Lipinski definition) is 1. The zero-order valence-corrected chi connectivity index (χ0v) is 7.55. The highest BCUT2D eigenvalue weighted by Crippen LogP contribution is 2.24. The van der Waals surface area contributed by atoms with E-state index in [1.165, 1.54) is 6.42 Å². The molecule has 2 heterocycles. The third kappa shape index (κ3) is 1.22. The Morgan fingerprint density at radius 1 is 1.58 bits per heavy atom. The SMILES string of the molecule is CCC(=O)N1C[C@@H]2CCN[C@@H]2C1. The summed E-state index contributed by atoms with van der Waals surface area (Å²) in [6.07, 6.45) is 1.90. The predicted octanol–water partition coefficient (Wildman–Crippen LogP) is 0.217. The van der Waals surface area contributed by atoms with Gasteiger partial charge in [-0.2, -0.15) is 0 Å². The molecule has 2 aliphatic heterocycles. The summed E-state index contributed by atoms with van der Waals surface area (Å²) in [5, 5.41) is 3.43. The molecule has 0 unspecified atom stereocenters. The molecule has 0 aromatic rings. The van der Waals surface area contributed by atoms with Crippen molar-refractivity contribution in [3.63, 3.8) is 0 Å². The van der Waals surface area contributed by atoms with E-state index >= 15 is 0 Å². The van der Waals surface area contributed by atoms with Crippen LogP contribution in [0.4, 0.5) is 0 Å². The first-order valence-corrected chi connectivity index (χ1v) is 4.82. The molecule has 12 heavy (non-hydrogen) atoms. The Morgan fingerprint density at radius 3 is 3.08 bits per heavy atom. The molecule has 0 bridgehead atoms. The molecule has 2 rings (SSSR count). The van der Waals surface area contributed by atoms with Gasteiger partial charge in [0.25, 0.3) is 0 Å². The Balaban J connectivity index is 1.94. The Bertz CT molecular complexity index is 181. The molecule has 2 fully saturated rings. The van der Waals surface area contributed by atoms with Gasteiger partial charge < -0.3 is 10.2 Å². The van der Waals surface area contributed by atoms with Crippen molar-refractivity contribution in [2.45, 2.75) is 25.8 Å². The number of fused-ring (bicyclic) bond motifs is 1. The average molecular weight is 168 g/mol. The first-order valence-electron chi connectivity index (χ1n) is 4.82. The van der Waals surface area contributed by atoms with Crippen molar-refractivity contribution in [1.82, 2.24) is 10.2 Å². The Morgan fingerprint density at radius 2 is 2.42 bits per heavy atom. The molecule has 3 nitrogen and oxygen atoms in total. The molecule has 0 aliphatic carbocycles. The van der Waals surface area contributed by atoms with E-state index in [1.807, 2.05) is 11.8 Å². The van der Waals surface area contributed by atoms with Crippen LogP contribution >= 0.6 is 0 Å². The molecule has 1 N–H and O–H groups in total. The van der Waals surface area contributed by atoms with E-state index in [-0.39, 0.29) is 0 Å². The monoisotopic (exact) mass is 168 g/mol. The van der Waals surface area contributed by atoms with Gasteiger partial charge in [-0.3, -0.25) is 4.79 Å². The minimum atomic E-state index is 0.311. The van der Waals surface area contributed by atoms with Crippen molar-refractivity contribution in [3.05, 3.63) is 0 Å². The summed E-state index contributed by atoms with van der Waals surface area (Å²) in [6.45, 7) is 5.01. The minimum absolute atomic E-state index is 0.311. The second kappa shape index (κ2) is 3.05. The second-order valence-electron chi connectivity index (χ2n) is 3.76. The van der Waals surface area contributed by atoms with Crippen molar-refractivity contribution >= 4 is 5.91 Å². The number of nitrogens with zero attached hydrogens (tertiary/aromatic N) is 1. The van der Waals surface area contributed by atoms with E-state index < -0.39 is 0 Å². The van der Waals surface area contributed by atoms with Gasteiger partial charge in [0.1, 0.15) is 0 Å². The van der Waals surface area contributed by atoms with Gasteiger partial charge >= 0.3 is 0 Å². The van der Waals surface area contributed by atoms with Gasteiger partial charge in [0.15, 0.2) is 0 Å². The van der Waals surface area contributed by atoms with E-state index in [4.69, 9.17) is 0 Å². The van der Waals surface area contributed by atoms with E-state index in [9.17, 15) is 4.79 Å². The zero-order chi connectivity index (χ0) is 8.55. The molecule has 0 saturated carbocycles. The molecule has 0 spiro atoms. The van der Waals surface area contributed by atoms with Crippen LogP contribution < -0.4 is 5.32 Å². The normalized spacial score (nSPS) is 33.9. The quantitative estimate of drug-likeness (QED) is 0.607. The average Bonchev–Trinajstić information content (AvgIpc) is 2.60. The van der Waals surface area contributed by atoms with Gasteiger partial charge in [-0.05, 0) is 18.9 Å². The maximum atomic E-state index is 11.3. The van der Waals surface area contributed by atoms with Crippen LogP contribution in [-0.2, 0) is 4.79 Å². The minimum Gasteiger partial charge on any atom is -0.341 e. The molecule has 68 valence electrons. The lowest BCUT2D eigenvalue weighted by molar-refractivity contribution is -0.130. The summed E-state index contributed by atoms with van der Waals surface area (Å²) in [5.74, 6) is 1.05. The highest BCUT2D eigenvalue weighted by molar-refractivity contribution is 5.76. The van der Waals surface area contributed by atoms with Gasteiger partial charge in [0, 0.05) is 25.6 Å². The lowest BCUT2D eigenvalue weighted by atomic mass is 10.1. The van der Waals surface area contributed by atoms with Crippen molar-refractivity contribution in [2.75, 3.05) is 19.6 Å². The number of amides is 1. The number of carbonyl (C=O) groups excluding carboxylic acids is 1. The number of nitrogens with one attached hydrogen (secondary N) is 1. The Hall–Kier alpha value is -0.570. The summed E-state index contributed by atoms with van der Waals surface area (Å²) in [7, 11) is 0. The van der Waals surface area contributed by atoms with Crippen molar-refractivity contribution in [2.24, 2.45) is 5.92 Å². The maximum absolute atomic E-state index is 11.3. The smallest absolute Gasteiger partial charge is 0.222 e. The summed E-state index contributed by atoms with van der Waals surface area (Å²) >= 11 is 0. The lowest BCUT2D eigenvalue weighted by Gasteiger charge is -2.15. The molecule has 0 radical (unpaired) electrons. The Labute approximate surface area is 73.1 Å². The lowest BCUT2D eigenvalue weighted by Crippen LogP contribution is -2.33. The summed E-state index contributed by atoms with van der Waals surface area (Å²) in [4.78, 5) is 13.3. The van der Waals surface area contributed by atoms with Crippen LogP contribution in [0.15, 0.2) is 0 Å². The number of likely N-dealkylation sites (tertiary alicyclic amines) is 1. The second-order valence-corrected chi connectivity index (χ2v) is 3.76. The highest BCUT2D eigenvalue weighted by atomic mass is 16.2. The molecule has 0 aromatic carbocycles. The largest absolute Gasteiger partial charge is 0.341 e. The van der Waals surface area contributed by atoms with Crippen molar-refractivity contribution in [3.8, 4) is 0 Å². The van der Waals surface area contributed by atoms with E-state index in [1.54, 1.807) is 0 Å². The van der Waals surface area contributed by atoms with Gasteiger partial charge in [-0.25, -0.2) is 0 Å². The van der Waals surface area contributed by atoms with Gasteiger partial charge in [0.2, 0.25) is 5.91 Å². The zero-order valence-electron chi connectivity index (χ0n) is 7.55. The third-order valence-electron chi connectivity index (χ3n) is 3.02. The summed E-state index contributed by atoms with van der Waals surface area (Å²) in [6, 6.07) is 0.598.